The average Bonchev–Trinajstić information content (AvgIpc) is 3.10. The molecule has 2 N–H and O–H groups in total. The number of halogens is 3. The summed E-state index contributed by atoms with van der Waals surface area (Å²) in [6.07, 6.45) is 1.65. The van der Waals surface area contributed by atoms with Crippen molar-refractivity contribution in [3.8, 4) is 11.3 Å². The van der Waals surface area contributed by atoms with Crippen molar-refractivity contribution in [1.29, 1.82) is 0 Å². The average molecular weight is 561 g/mol. The van der Waals surface area contributed by atoms with Crippen LogP contribution in [0.4, 0.5) is 20.4 Å². The lowest BCUT2D eigenvalue weighted by molar-refractivity contribution is 0.0736. The molecule has 0 aliphatic carbocycles. The molecule has 0 radical (unpaired) electrons. The number of hydrogen-bond acceptors (Lipinski definition) is 6. The van der Waals surface area contributed by atoms with Crippen molar-refractivity contribution in [2.45, 2.75) is 14.0 Å². The van der Waals surface area contributed by atoms with Gasteiger partial charge in [0.25, 0.3) is 5.91 Å². The summed E-state index contributed by atoms with van der Waals surface area (Å²) < 4.78 is 29.5. The maximum atomic E-state index is 14.8. The van der Waals surface area contributed by atoms with E-state index in [-0.39, 0.29) is 31.2 Å². The number of nitrogens with zero attached hydrogens (tertiary/aromatic N) is 4. The first kappa shape index (κ1) is 27.4. The molecule has 40 heavy (non-hydrogen) atoms. The van der Waals surface area contributed by atoms with Crippen LogP contribution in [0.2, 0.25) is 5.02 Å². The van der Waals surface area contributed by atoms with Gasteiger partial charge in [0.2, 0.25) is 5.95 Å². The third-order valence-corrected chi connectivity index (χ3v) is 6.99. The van der Waals surface area contributed by atoms with Crippen LogP contribution < -0.4 is 10.6 Å². The first-order chi connectivity index (χ1) is 19.0. The molecule has 0 atom stereocenters. The molecule has 2 aliphatic heterocycles. The van der Waals surface area contributed by atoms with Crippen LogP contribution >= 0.6 is 11.6 Å². The Labute approximate surface area is 236 Å². The standard InChI is InChI=1S/C29H23ClF2N6O.CH4/c30-19-6-9-21-22(14-19)27(25-23(31)2-1-3-24(25)32)34-15-18-16-35-29(37-26(18)21)36-20-7-4-17(5-8-20)28(39)38-12-10-33-11-13-38;/h1-9,14,16,33H,10-13,15H2,(H,35,36,37);1H4. The number of anilines is 2. The lowest BCUT2D eigenvalue weighted by Gasteiger charge is -2.27. The Morgan fingerprint density at radius 3 is 2.42 bits per heavy atom. The largest absolute Gasteiger partial charge is 0.336 e. The number of piperazine rings is 1. The van der Waals surface area contributed by atoms with Gasteiger partial charge in [-0.25, -0.2) is 18.7 Å². The van der Waals surface area contributed by atoms with Crippen LogP contribution in [-0.4, -0.2) is 52.7 Å². The topological polar surface area (TPSA) is 82.5 Å². The lowest BCUT2D eigenvalue weighted by Crippen LogP contribution is -2.46. The third-order valence-electron chi connectivity index (χ3n) is 6.76. The molecule has 1 amide bonds. The minimum Gasteiger partial charge on any atom is -0.336 e. The number of carbonyl (C=O) groups excluding carboxylic acids is 1. The fraction of sp³-hybridized carbons (Fsp3) is 0.200. The van der Waals surface area contributed by atoms with Crippen molar-refractivity contribution in [3.63, 3.8) is 0 Å². The van der Waals surface area contributed by atoms with E-state index in [0.29, 0.717) is 57.7 Å². The van der Waals surface area contributed by atoms with Crippen LogP contribution in [-0.2, 0) is 6.54 Å². The molecule has 1 fully saturated rings. The second-order valence-electron chi connectivity index (χ2n) is 9.26. The second kappa shape index (κ2) is 11.5. The molecular weight excluding hydrogens is 534 g/mol. The van der Waals surface area contributed by atoms with Crippen LogP contribution in [0, 0.1) is 11.6 Å². The monoisotopic (exact) mass is 560 g/mol. The van der Waals surface area contributed by atoms with Crippen LogP contribution in [0.1, 0.15) is 34.5 Å². The highest BCUT2D eigenvalue weighted by Gasteiger charge is 2.25. The summed E-state index contributed by atoms with van der Waals surface area (Å²) in [7, 11) is 0. The number of hydrogen-bond donors (Lipinski definition) is 2. The summed E-state index contributed by atoms with van der Waals surface area (Å²) in [6.45, 7) is 3.08. The van der Waals surface area contributed by atoms with Crippen LogP contribution in [0.25, 0.3) is 11.3 Å². The molecule has 3 aromatic carbocycles. The predicted octanol–water partition coefficient (Wildman–Crippen LogP) is 5.85. The molecule has 0 unspecified atom stereocenters. The Morgan fingerprint density at radius 1 is 0.975 bits per heavy atom. The maximum absolute atomic E-state index is 14.8. The van der Waals surface area contributed by atoms with Crippen molar-refractivity contribution in [1.82, 2.24) is 20.2 Å². The molecule has 0 saturated carbocycles. The summed E-state index contributed by atoms with van der Waals surface area (Å²) in [5, 5.41) is 6.83. The van der Waals surface area contributed by atoms with Gasteiger partial charge in [-0.05, 0) is 48.5 Å². The molecule has 6 rings (SSSR count). The van der Waals surface area contributed by atoms with Gasteiger partial charge >= 0.3 is 0 Å². The van der Waals surface area contributed by atoms with E-state index in [0.717, 1.165) is 13.1 Å². The molecular formula is C30H27ClF2N6O. The molecule has 3 heterocycles. The number of fused-ring (bicyclic) bond motifs is 3. The van der Waals surface area contributed by atoms with Gasteiger partial charge in [-0.3, -0.25) is 9.79 Å². The molecule has 0 bridgehead atoms. The van der Waals surface area contributed by atoms with E-state index < -0.39 is 11.6 Å². The van der Waals surface area contributed by atoms with Gasteiger partial charge in [0.1, 0.15) is 11.6 Å². The van der Waals surface area contributed by atoms with Gasteiger partial charge in [-0.1, -0.05) is 31.2 Å². The Morgan fingerprint density at radius 2 is 1.70 bits per heavy atom. The molecule has 204 valence electrons. The highest BCUT2D eigenvalue weighted by molar-refractivity contribution is 6.31. The van der Waals surface area contributed by atoms with Gasteiger partial charge in [-0.15, -0.1) is 0 Å². The smallest absolute Gasteiger partial charge is 0.253 e. The summed E-state index contributed by atoms with van der Waals surface area (Å²) in [6, 6.07) is 16.0. The Kier molecular flexibility index (Phi) is 7.86. The van der Waals surface area contributed by atoms with Crippen molar-refractivity contribution in [3.05, 3.63) is 106 Å². The number of aliphatic imine (C=N–C) groups is 1. The Bertz CT molecular complexity index is 1580. The molecule has 1 aromatic heterocycles. The van der Waals surface area contributed by atoms with Crippen molar-refractivity contribution in [2.24, 2.45) is 4.99 Å². The minimum absolute atomic E-state index is 0. The van der Waals surface area contributed by atoms with Gasteiger partial charge in [0.15, 0.2) is 0 Å². The molecule has 0 spiro atoms. The molecule has 10 heteroatoms. The molecule has 7 nitrogen and oxygen atoms in total. The van der Waals surface area contributed by atoms with E-state index >= 15 is 0 Å². The van der Waals surface area contributed by atoms with Crippen LogP contribution in [0.5, 0.6) is 0 Å². The fourth-order valence-corrected chi connectivity index (χ4v) is 4.97. The van der Waals surface area contributed by atoms with Gasteiger partial charge in [0, 0.05) is 65.3 Å². The number of aromatic nitrogens is 2. The molecule has 2 aliphatic rings. The number of rotatable bonds is 4. The van der Waals surface area contributed by atoms with E-state index in [1.54, 1.807) is 48.7 Å². The van der Waals surface area contributed by atoms with E-state index in [4.69, 9.17) is 16.6 Å². The van der Waals surface area contributed by atoms with E-state index in [2.05, 4.69) is 20.6 Å². The summed E-state index contributed by atoms with van der Waals surface area (Å²) >= 11 is 6.29. The number of benzene rings is 3. The zero-order chi connectivity index (χ0) is 26.9. The third kappa shape index (κ3) is 5.30. The maximum Gasteiger partial charge on any atom is 0.253 e. The van der Waals surface area contributed by atoms with E-state index in [1.807, 2.05) is 4.90 Å². The second-order valence-corrected chi connectivity index (χ2v) is 9.70. The summed E-state index contributed by atoms with van der Waals surface area (Å²) in [5.41, 5.74) is 3.67. The fourth-order valence-electron chi connectivity index (χ4n) is 4.80. The Balaban J connectivity index is 0.00000323. The van der Waals surface area contributed by atoms with E-state index in [1.165, 1.54) is 18.2 Å². The van der Waals surface area contributed by atoms with Crippen molar-refractivity contribution < 1.29 is 13.6 Å². The Hall–Kier alpha value is -4.21. The van der Waals surface area contributed by atoms with Gasteiger partial charge < -0.3 is 15.5 Å². The number of carbonyl (C=O) groups is 1. The minimum atomic E-state index is -0.710. The first-order valence-corrected chi connectivity index (χ1v) is 12.9. The zero-order valence-corrected chi connectivity index (χ0v) is 21.5. The van der Waals surface area contributed by atoms with Crippen LogP contribution in [0.15, 0.2) is 71.9 Å². The first-order valence-electron chi connectivity index (χ1n) is 12.5. The van der Waals surface area contributed by atoms with E-state index in [9.17, 15) is 13.6 Å². The summed E-state index contributed by atoms with van der Waals surface area (Å²) in [5.74, 6) is -1.09. The molecule has 4 aromatic rings. The van der Waals surface area contributed by atoms with Crippen LogP contribution in [0.3, 0.4) is 0 Å². The number of nitrogens with one attached hydrogen (secondary N) is 2. The highest BCUT2D eigenvalue weighted by atomic mass is 35.5. The van der Waals surface area contributed by atoms with Crippen molar-refractivity contribution in [2.75, 3.05) is 31.5 Å². The predicted molar refractivity (Wildman–Crippen MR) is 153 cm³/mol. The highest BCUT2D eigenvalue weighted by Crippen LogP contribution is 2.34. The molecule has 1 saturated heterocycles. The van der Waals surface area contributed by atoms with Gasteiger partial charge in [-0.2, -0.15) is 0 Å². The zero-order valence-electron chi connectivity index (χ0n) is 20.7. The number of amides is 1. The lowest BCUT2D eigenvalue weighted by atomic mass is 9.95. The normalized spacial score (nSPS) is 14.3. The van der Waals surface area contributed by atoms with Crippen molar-refractivity contribution >= 4 is 34.9 Å². The van der Waals surface area contributed by atoms with Gasteiger partial charge in [0.05, 0.1) is 23.5 Å². The summed E-state index contributed by atoms with van der Waals surface area (Å²) in [4.78, 5) is 28.3. The SMILES string of the molecule is C.O=C(c1ccc(Nc2ncc3c(n2)-c2ccc(Cl)cc2C(c2c(F)cccc2F)=NC3)cc1)N1CCNCC1. The quantitative estimate of drug-likeness (QED) is 0.327.